The van der Waals surface area contributed by atoms with Gasteiger partial charge in [0.15, 0.2) is 0 Å². The van der Waals surface area contributed by atoms with Gasteiger partial charge in [-0.05, 0) is 32.9 Å². The minimum Gasteiger partial charge on any atom is -0.462 e. The number of carbonyl (C=O) groups excluding carboxylic acids is 1. The van der Waals surface area contributed by atoms with Crippen molar-refractivity contribution in [2.45, 2.75) is 26.3 Å². The smallest absolute Gasteiger partial charge is 0.346 e. The second kappa shape index (κ2) is 7.76. The summed E-state index contributed by atoms with van der Waals surface area (Å²) < 4.78 is 15.3. The molecule has 2 amide bonds. The van der Waals surface area contributed by atoms with Crippen LogP contribution in [-0.4, -0.2) is 31.9 Å². The predicted molar refractivity (Wildman–Crippen MR) is 96.8 cm³/mol. The van der Waals surface area contributed by atoms with Gasteiger partial charge < -0.3 is 24.5 Å². The molecule has 1 heterocycles. The molecule has 0 spiro atoms. The number of benzene rings is 1. The van der Waals surface area contributed by atoms with E-state index in [1.807, 2.05) is 20.8 Å². The third kappa shape index (κ3) is 5.11. The highest BCUT2D eigenvalue weighted by Crippen LogP contribution is 2.31. The number of rotatable bonds is 5. The Morgan fingerprint density at radius 1 is 1.24 bits per heavy atom. The number of anilines is 1. The van der Waals surface area contributed by atoms with Crippen LogP contribution in [0.1, 0.15) is 20.8 Å². The molecule has 0 fully saturated rings. The van der Waals surface area contributed by atoms with Gasteiger partial charge in [0.2, 0.25) is 0 Å². The van der Waals surface area contributed by atoms with Crippen molar-refractivity contribution in [1.82, 2.24) is 5.32 Å². The Labute approximate surface area is 150 Å². The molecule has 25 heavy (non-hydrogen) atoms. The molecule has 2 N–H and O–H groups in total. The summed E-state index contributed by atoms with van der Waals surface area (Å²) in [5, 5.41) is 6.36. The van der Waals surface area contributed by atoms with E-state index >= 15 is 0 Å². The van der Waals surface area contributed by atoms with E-state index in [4.69, 9.17) is 25.5 Å². The molecule has 1 aromatic carbocycles. The van der Waals surface area contributed by atoms with Crippen LogP contribution < -0.4 is 21.0 Å². The van der Waals surface area contributed by atoms with Gasteiger partial charge in [-0.2, -0.15) is 0 Å². The monoisotopic (exact) mass is 368 g/mol. The van der Waals surface area contributed by atoms with Crippen molar-refractivity contribution >= 4 is 34.1 Å². The molecule has 7 nitrogen and oxygen atoms in total. The van der Waals surface area contributed by atoms with Crippen LogP contribution in [0.2, 0.25) is 5.02 Å². The number of hydrogen-bond donors (Lipinski definition) is 2. The van der Waals surface area contributed by atoms with E-state index in [-0.39, 0.29) is 34.5 Å². The molecule has 0 aliphatic carbocycles. The van der Waals surface area contributed by atoms with Gasteiger partial charge >= 0.3 is 17.6 Å². The van der Waals surface area contributed by atoms with E-state index < -0.39 is 5.63 Å². The van der Waals surface area contributed by atoms with E-state index in [2.05, 4.69) is 10.6 Å². The van der Waals surface area contributed by atoms with Crippen molar-refractivity contribution in [2.75, 3.05) is 25.6 Å². The fraction of sp³-hybridized carbons (Fsp3) is 0.412. The van der Waals surface area contributed by atoms with Crippen LogP contribution in [0.25, 0.3) is 10.8 Å². The lowest BCUT2D eigenvalue weighted by atomic mass is 10.1. The molecule has 136 valence electrons. The summed E-state index contributed by atoms with van der Waals surface area (Å²) in [6, 6.07) is 4.41. The number of ether oxygens (including phenoxy) is 2. The Kier molecular flexibility index (Phi) is 5.92. The third-order valence-electron chi connectivity index (χ3n) is 3.11. The normalized spacial score (nSPS) is 11.4. The maximum Gasteiger partial charge on any atom is 0.346 e. The summed E-state index contributed by atoms with van der Waals surface area (Å²) in [6.45, 7) is 6.15. The van der Waals surface area contributed by atoms with E-state index in [0.717, 1.165) is 0 Å². The average molecular weight is 369 g/mol. The van der Waals surface area contributed by atoms with Gasteiger partial charge in [-0.25, -0.2) is 9.59 Å². The number of carbonyl (C=O) groups is 1. The Bertz CT molecular complexity index is 826. The number of amides is 2. The standard InChI is InChI=1S/C17H21ClN2O5/c1-17(2,3)20-16(22)19-10-5-6-11-12(9-10)14(21)25-15(13(11)18)24-8-7-23-4/h5-6,9H,7-8H2,1-4H3,(H2,19,20,22). The number of urea groups is 1. The zero-order valence-electron chi connectivity index (χ0n) is 14.6. The molecule has 0 saturated carbocycles. The lowest BCUT2D eigenvalue weighted by Crippen LogP contribution is -2.43. The van der Waals surface area contributed by atoms with Crippen LogP contribution >= 0.6 is 11.6 Å². The number of fused-ring (bicyclic) bond motifs is 1. The number of halogens is 1. The first-order valence-corrected chi connectivity index (χ1v) is 8.06. The Balaban J connectivity index is 2.28. The van der Waals surface area contributed by atoms with Gasteiger partial charge in [0, 0.05) is 23.7 Å². The first kappa shape index (κ1) is 19.1. The summed E-state index contributed by atoms with van der Waals surface area (Å²) in [6.07, 6.45) is 0. The molecule has 0 aliphatic heterocycles. The fourth-order valence-electron chi connectivity index (χ4n) is 2.09. The minimum atomic E-state index is -0.605. The van der Waals surface area contributed by atoms with Crippen molar-refractivity contribution in [3.63, 3.8) is 0 Å². The molecule has 1 aromatic heterocycles. The Morgan fingerprint density at radius 2 is 1.96 bits per heavy atom. The van der Waals surface area contributed by atoms with Crippen LogP contribution in [-0.2, 0) is 4.74 Å². The largest absolute Gasteiger partial charge is 0.462 e. The van der Waals surface area contributed by atoms with Gasteiger partial charge in [-0.1, -0.05) is 17.7 Å². The molecule has 0 unspecified atom stereocenters. The number of nitrogens with one attached hydrogen (secondary N) is 2. The molecule has 2 aromatic rings. The number of methoxy groups -OCH3 is 1. The molecule has 2 rings (SSSR count). The molecule has 0 aliphatic rings. The highest BCUT2D eigenvalue weighted by molar-refractivity contribution is 6.36. The van der Waals surface area contributed by atoms with Gasteiger partial charge in [-0.15, -0.1) is 0 Å². The highest BCUT2D eigenvalue weighted by atomic mass is 35.5. The molecular formula is C17H21ClN2O5. The molecule has 0 atom stereocenters. The van der Waals surface area contributed by atoms with Crippen LogP contribution in [0.4, 0.5) is 10.5 Å². The SMILES string of the molecule is COCCOc1oc(=O)c2cc(NC(=O)NC(C)(C)C)ccc2c1Cl. The van der Waals surface area contributed by atoms with Gasteiger partial charge in [-0.3, -0.25) is 0 Å². The minimum absolute atomic E-state index is 0.0533. The molecule has 0 radical (unpaired) electrons. The molecule has 0 bridgehead atoms. The summed E-state index contributed by atoms with van der Waals surface area (Å²) in [7, 11) is 1.53. The average Bonchev–Trinajstić information content (AvgIpc) is 2.50. The fourth-order valence-corrected chi connectivity index (χ4v) is 2.35. The van der Waals surface area contributed by atoms with E-state index in [1.54, 1.807) is 12.1 Å². The second-order valence-corrected chi connectivity index (χ2v) is 6.80. The van der Waals surface area contributed by atoms with Crippen LogP contribution in [0.5, 0.6) is 5.95 Å². The number of hydrogen-bond acceptors (Lipinski definition) is 5. The first-order valence-electron chi connectivity index (χ1n) is 7.68. The summed E-state index contributed by atoms with van der Waals surface area (Å²) in [5.41, 5.74) is -0.532. The first-order chi connectivity index (χ1) is 11.7. The van der Waals surface area contributed by atoms with Crippen LogP contribution in [0, 0.1) is 0 Å². The maximum absolute atomic E-state index is 12.2. The van der Waals surface area contributed by atoms with Crippen molar-refractivity contribution in [3.8, 4) is 5.95 Å². The van der Waals surface area contributed by atoms with Gasteiger partial charge in [0.1, 0.15) is 11.6 Å². The predicted octanol–water partition coefficient (Wildman–Crippen LogP) is 3.39. The van der Waals surface area contributed by atoms with Crippen molar-refractivity contribution in [3.05, 3.63) is 33.6 Å². The summed E-state index contributed by atoms with van der Waals surface area (Å²) >= 11 is 6.24. The summed E-state index contributed by atoms with van der Waals surface area (Å²) in [5.74, 6) is -0.0533. The molecule has 8 heteroatoms. The van der Waals surface area contributed by atoms with Gasteiger partial charge in [0.25, 0.3) is 0 Å². The Morgan fingerprint density at radius 3 is 2.60 bits per heavy atom. The lowest BCUT2D eigenvalue weighted by molar-refractivity contribution is 0.128. The third-order valence-corrected chi connectivity index (χ3v) is 3.47. The maximum atomic E-state index is 12.2. The van der Waals surface area contributed by atoms with Crippen molar-refractivity contribution in [1.29, 1.82) is 0 Å². The molecular weight excluding hydrogens is 348 g/mol. The second-order valence-electron chi connectivity index (χ2n) is 6.42. The zero-order chi connectivity index (χ0) is 18.6. The Hall–Kier alpha value is -2.25. The van der Waals surface area contributed by atoms with Crippen molar-refractivity contribution in [2.24, 2.45) is 0 Å². The zero-order valence-corrected chi connectivity index (χ0v) is 15.3. The van der Waals surface area contributed by atoms with Gasteiger partial charge in [0.05, 0.1) is 12.0 Å². The topological polar surface area (TPSA) is 89.8 Å². The van der Waals surface area contributed by atoms with Crippen LogP contribution in [0.15, 0.2) is 27.4 Å². The van der Waals surface area contributed by atoms with Crippen LogP contribution in [0.3, 0.4) is 0 Å². The van der Waals surface area contributed by atoms with E-state index in [9.17, 15) is 9.59 Å². The van der Waals surface area contributed by atoms with E-state index in [0.29, 0.717) is 17.7 Å². The summed E-state index contributed by atoms with van der Waals surface area (Å²) in [4.78, 5) is 24.1. The highest BCUT2D eigenvalue weighted by Gasteiger charge is 2.16. The van der Waals surface area contributed by atoms with E-state index in [1.165, 1.54) is 13.2 Å². The van der Waals surface area contributed by atoms with Crippen molar-refractivity contribution < 1.29 is 18.7 Å². The molecule has 0 saturated heterocycles. The lowest BCUT2D eigenvalue weighted by Gasteiger charge is -2.20. The quantitative estimate of drug-likeness (QED) is 0.789.